The molecule has 0 unspecified atom stereocenters. The van der Waals surface area contributed by atoms with E-state index in [1.165, 1.54) is 16.8 Å². The molecule has 3 nitrogen and oxygen atoms in total. The van der Waals surface area contributed by atoms with Crippen molar-refractivity contribution >= 4 is 0 Å². The summed E-state index contributed by atoms with van der Waals surface area (Å²) in [6.45, 7) is 2.14. The lowest BCUT2D eigenvalue weighted by molar-refractivity contribution is 0.449. The molecule has 1 aliphatic rings. The van der Waals surface area contributed by atoms with Crippen molar-refractivity contribution in [2.75, 3.05) is 13.1 Å². The van der Waals surface area contributed by atoms with Crippen LogP contribution in [0.2, 0.25) is 0 Å². The third-order valence-electron chi connectivity index (χ3n) is 2.95. The average Bonchev–Trinajstić information content (AvgIpc) is 2.65. The Hall–Kier alpha value is -1.61. The number of hydrogen-bond donors (Lipinski definition) is 2. The van der Waals surface area contributed by atoms with Crippen LogP contribution in [0, 0.1) is 0 Å². The molecule has 3 rings (SSSR count). The van der Waals surface area contributed by atoms with Gasteiger partial charge in [0.2, 0.25) is 0 Å². The maximum Gasteiger partial charge on any atom is 0.0685 e. The fourth-order valence-corrected chi connectivity index (χ4v) is 1.95. The monoisotopic (exact) mass is 199 g/mol. The van der Waals surface area contributed by atoms with Gasteiger partial charge in [0, 0.05) is 24.6 Å². The topological polar surface area (TPSA) is 40.7 Å². The predicted octanol–water partition coefficient (Wildman–Crippen LogP) is 1.76. The van der Waals surface area contributed by atoms with Crippen LogP contribution in [0.5, 0.6) is 0 Å². The van der Waals surface area contributed by atoms with E-state index in [-0.39, 0.29) is 0 Å². The lowest BCUT2D eigenvalue weighted by atomic mass is 9.92. The van der Waals surface area contributed by atoms with Crippen LogP contribution in [0.25, 0.3) is 11.3 Å². The van der Waals surface area contributed by atoms with Crippen LogP contribution in [0.1, 0.15) is 11.5 Å². The van der Waals surface area contributed by atoms with E-state index >= 15 is 0 Å². The van der Waals surface area contributed by atoms with Crippen molar-refractivity contribution in [2.24, 2.45) is 0 Å². The van der Waals surface area contributed by atoms with Gasteiger partial charge in [0.15, 0.2) is 0 Å². The molecule has 1 saturated heterocycles. The van der Waals surface area contributed by atoms with E-state index in [4.69, 9.17) is 0 Å². The Bertz CT molecular complexity index is 443. The Morgan fingerprint density at radius 1 is 1.13 bits per heavy atom. The number of nitrogens with one attached hydrogen (secondary N) is 2. The molecular formula is C12H13N3. The molecule has 0 aliphatic carbocycles. The summed E-state index contributed by atoms with van der Waals surface area (Å²) in [5.41, 5.74) is 3.72. The number of aromatic amines is 1. The third-order valence-corrected chi connectivity index (χ3v) is 2.95. The highest BCUT2D eigenvalue weighted by Gasteiger charge is 2.23. The molecular weight excluding hydrogens is 186 g/mol. The first-order valence-corrected chi connectivity index (χ1v) is 5.24. The van der Waals surface area contributed by atoms with Gasteiger partial charge in [0.1, 0.15) is 0 Å². The molecule has 0 radical (unpaired) electrons. The van der Waals surface area contributed by atoms with Crippen molar-refractivity contribution in [1.29, 1.82) is 0 Å². The number of hydrogen-bond acceptors (Lipinski definition) is 2. The smallest absolute Gasteiger partial charge is 0.0685 e. The second-order valence-corrected chi connectivity index (χ2v) is 3.92. The predicted molar refractivity (Wildman–Crippen MR) is 59.6 cm³/mol. The van der Waals surface area contributed by atoms with E-state index < -0.39 is 0 Å². The number of nitrogens with zero attached hydrogens (tertiary/aromatic N) is 1. The van der Waals surface area contributed by atoms with Crippen LogP contribution in [0.3, 0.4) is 0 Å². The number of aromatic nitrogens is 2. The van der Waals surface area contributed by atoms with E-state index in [0.717, 1.165) is 13.1 Å². The molecule has 1 aliphatic heterocycles. The average molecular weight is 199 g/mol. The van der Waals surface area contributed by atoms with Gasteiger partial charge in [-0.05, 0) is 5.56 Å². The molecule has 1 fully saturated rings. The highest BCUT2D eigenvalue weighted by molar-refractivity contribution is 5.63. The first-order valence-electron chi connectivity index (χ1n) is 5.24. The summed E-state index contributed by atoms with van der Waals surface area (Å²) >= 11 is 0. The Morgan fingerprint density at radius 2 is 1.93 bits per heavy atom. The molecule has 2 heterocycles. The molecule has 0 amide bonds. The van der Waals surface area contributed by atoms with Gasteiger partial charge in [-0.25, -0.2) is 0 Å². The quantitative estimate of drug-likeness (QED) is 0.773. The third kappa shape index (κ3) is 1.45. The Balaban J connectivity index is 2.01. The lowest BCUT2D eigenvalue weighted by Gasteiger charge is -2.27. The van der Waals surface area contributed by atoms with Gasteiger partial charge in [-0.15, -0.1) is 0 Å². The summed E-state index contributed by atoms with van der Waals surface area (Å²) in [4.78, 5) is 0. The van der Waals surface area contributed by atoms with Crippen LogP contribution in [-0.4, -0.2) is 23.3 Å². The molecule has 15 heavy (non-hydrogen) atoms. The first-order chi connectivity index (χ1) is 7.45. The van der Waals surface area contributed by atoms with E-state index in [9.17, 15) is 0 Å². The zero-order valence-corrected chi connectivity index (χ0v) is 8.40. The molecule has 0 saturated carbocycles. The molecule has 2 N–H and O–H groups in total. The normalized spacial score (nSPS) is 16.3. The van der Waals surface area contributed by atoms with Gasteiger partial charge < -0.3 is 5.32 Å². The molecule has 2 aromatic rings. The summed E-state index contributed by atoms with van der Waals surface area (Å²) in [5, 5.41) is 10.5. The van der Waals surface area contributed by atoms with Crippen LogP contribution < -0.4 is 5.32 Å². The van der Waals surface area contributed by atoms with Crippen molar-refractivity contribution < 1.29 is 0 Å². The maximum atomic E-state index is 4.15. The van der Waals surface area contributed by atoms with Gasteiger partial charge in [-0.3, -0.25) is 5.10 Å². The molecule has 1 aromatic carbocycles. The van der Waals surface area contributed by atoms with Crippen molar-refractivity contribution in [3.63, 3.8) is 0 Å². The van der Waals surface area contributed by atoms with Crippen LogP contribution in [0.15, 0.2) is 36.5 Å². The second-order valence-electron chi connectivity index (χ2n) is 3.92. The van der Waals surface area contributed by atoms with Crippen LogP contribution in [-0.2, 0) is 0 Å². The number of benzene rings is 1. The summed E-state index contributed by atoms with van der Waals surface area (Å²) in [6, 6.07) is 10.4. The summed E-state index contributed by atoms with van der Waals surface area (Å²) in [7, 11) is 0. The largest absolute Gasteiger partial charge is 0.315 e. The molecule has 1 aromatic heterocycles. The minimum atomic E-state index is 0.624. The van der Waals surface area contributed by atoms with Crippen molar-refractivity contribution in [3.8, 4) is 11.3 Å². The van der Waals surface area contributed by atoms with Gasteiger partial charge in [-0.2, -0.15) is 5.10 Å². The molecule has 76 valence electrons. The highest BCUT2D eigenvalue weighted by Crippen LogP contribution is 2.28. The van der Waals surface area contributed by atoms with Crippen LogP contribution >= 0.6 is 0 Å². The first kappa shape index (κ1) is 8.68. The summed E-state index contributed by atoms with van der Waals surface area (Å²) < 4.78 is 0. The van der Waals surface area contributed by atoms with Crippen LogP contribution in [0.4, 0.5) is 0 Å². The van der Waals surface area contributed by atoms with E-state index in [1.807, 2.05) is 12.3 Å². The minimum Gasteiger partial charge on any atom is -0.315 e. The minimum absolute atomic E-state index is 0.624. The zero-order chi connectivity index (χ0) is 10.1. The maximum absolute atomic E-state index is 4.15. The zero-order valence-electron chi connectivity index (χ0n) is 8.40. The SMILES string of the molecule is c1ccc(-c2[nH]ncc2C2CNC2)cc1. The lowest BCUT2D eigenvalue weighted by Crippen LogP contribution is -2.39. The van der Waals surface area contributed by atoms with Crippen molar-refractivity contribution in [2.45, 2.75) is 5.92 Å². The fourth-order valence-electron chi connectivity index (χ4n) is 1.95. The number of H-pyrrole nitrogens is 1. The van der Waals surface area contributed by atoms with Crippen molar-refractivity contribution in [1.82, 2.24) is 15.5 Å². The van der Waals surface area contributed by atoms with Gasteiger partial charge in [0.05, 0.1) is 11.9 Å². The number of rotatable bonds is 2. The van der Waals surface area contributed by atoms with E-state index in [2.05, 4.69) is 39.8 Å². The molecule has 0 atom stereocenters. The van der Waals surface area contributed by atoms with Crippen molar-refractivity contribution in [3.05, 3.63) is 42.1 Å². The van der Waals surface area contributed by atoms with E-state index in [1.54, 1.807) is 0 Å². The fraction of sp³-hybridized carbons (Fsp3) is 0.250. The van der Waals surface area contributed by atoms with E-state index in [0.29, 0.717) is 5.92 Å². The standard InChI is InChI=1S/C12H13N3/c1-2-4-9(5-3-1)12-11(8-14-15-12)10-6-13-7-10/h1-5,8,10,13H,6-7H2,(H,14,15). The molecule has 0 bridgehead atoms. The Kier molecular flexibility index (Phi) is 2.03. The van der Waals surface area contributed by atoms with Gasteiger partial charge in [0.25, 0.3) is 0 Å². The second kappa shape index (κ2) is 3.51. The van der Waals surface area contributed by atoms with Gasteiger partial charge >= 0.3 is 0 Å². The Labute approximate surface area is 88.5 Å². The van der Waals surface area contributed by atoms with Gasteiger partial charge in [-0.1, -0.05) is 30.3 Å². The molecule has 0 spiro atoms. The molecule has 3 heteroatoms. The summed E-state index contributed by atoms with van der Waals surface area (Å²) in [6.07, 6.45) is 1.95. The Morgan fingerprint density at radius 3 is 2.60 bits per heavy atom. The summed E-state index contributed by atoms with van der Waals surface area (Å²) in [5.74, 6) is 0.624. The highest BCUT2D eigenvalue weighted by atomic mass is 15.1.